The first kappa shape index (κ1) is 32.9. The summed E-state index contributed by atoms with van der Waals surface area (Å²) in [6.45, 7) is 15.3. The van der Waals surface area contributed by atoms with E-state index in [1.54, 1.807) is 12.1 Å². The van der Waals surface area contributed by atoms with Crippen LogP contribution >= 0.6 is 11.6 Å². The Labute approximate surface area is 254 Å². The Balaban J connectivity index is 1.62. The molecule has 42 heavy (non-hydrogen) atoms. The first-order valence-corrected chi connectivity index (χ1v) is 14.8. The van der Waals surface area contributed by atoms with E-state index in [9.17, 15) is 14.4 Å². The number of carbonyl (C=O) groups excluding carboxylic acids is 3. The van der Waals surface area contributed by atoms with Crippen LogP contribution in [0.25, 0.3) is 0 Å². The average molecular weight is 592 g/mol. The molecule has 3 aromatic carbocycles. The molecule has 0 fully saturated rings. The topological polar surface area (TPSA) is 81.7 Å². The van der Waals surface area contributed by atoms with Crippen molar-refractivity contribution in [1.82, 2.24) is 0 Å². The second kappa shape index (κ2) is 14.0. The van der Waals surface area contributed by atoms with Gasteiger partial charge in [-0.1, -0.05) is 89.5 Å². The number of nitrogens with one attached hydrogen (secondary N) is 1. The smallest absolute Gasteiger partial charge is 0.338 e. The van der Waals surface area contributed by atoms with E-state index in [0.717, 1.165) is 29.7 Å². The van der Waals surface area contributed by atoms with Crippen molar-refractivity contribution in [2.45, 2.75) is 78.6 Å². The molecule has 0 aliphatic carbocycles. The number of esters is 1. The van der Waals surface area contributed by atoms with Crippen molar-refractivity contribution in [3.63, 3.8) is 0 Å². The fourth-order valence-corrected chi connectivity index (χ4v) is 4.60. The first-order chi connectivity index (χ1) is 19.8. The van der Waals surface area contributed by atoms with Crippen molar-refractivity contribution in [2.24, 2.45) is 0 Å². The highest BCUT2D eigenvalue weighted by atomic mass is 35.5. The SMILES string of the molecule is CCC(C)(C)c1ccc(OCCOC(=O)c2ccc(Cl)c(NC(=O)CC(=O)c3ccccc3C)c2)c(C(C)(C)CC)c1. The second-order valence-electron chi connectivity index (χ2n) is 11.8. The van der Waals surface area contributed by atoms with Crippen LogP contribution in [0.4, 0.5) is 5.69 Å². The Hall–Kier alpha value is -3.64. The zero-order valence-electron chi connectivity index (χ0n) is 25.7. The number of Topliss-reactive ketones (excluding diaryl/α,β-unsaturated/α-hetero) is 1. The van der Waals surface area contributed by atoms with Crippen LogP contribution in [-0.4, -0.2) is 30.9 Å². The fraction of sp³-hybridized carbons (Fsp3) is 0.400. The van der Waals surface area contributed by atoms with Gasteiger partial charge in [-0.3, -0.25) is 9.59 Å². The van der Waals surface area contributed by atoms with Gasteiger partial charge >= 0.3 is 5.97 Å². The van der Waals surface area contributed by atoms with Crippen molar-refractivity contribution >= 4 is 34.9 Å². The summed E-state index contributed by atoms with van der Waals surface area (Å²) in [5.74, 6) is -0.615. The van der Waals surface area contributed by atoms with Gasteiger partial charge in [0.05, 0.1) is 22.7 Å². The number of benzene rings is 3. The molecule has 0 atom stereocenters. The summed E-state index contributed by atoms with van der Waals surface area (Å²) in [4.78, 5) is 37.9. The van der Waals surface area contributed by atoms with Crippen LogP contribution in [0.2, 0.25) is 5.02 Å². The van der Waals surface area contributed by atoms with E-state index < -0.39 is 11.9 Å². The second-order valence-corrected chi connectivity index (χ2v) is 12.2. The van der Waals surface area contributed by atoms with Gasteiger partial charge in [0.25, 0.3) is 0 Å². The number of carbonyl (C=O) groups is 3. The summed E-state index contributed by atoms with van der Waals surface area (Å²) < 4.78 is 11.6. The molecule has 224 valence electrons. The zero-order valence-corrected chi connectivity index (χ0v) is 26.5. The van der Waals surface area contributed by atoms with E-state index >= 15 is 0 Å². The summed E-state index contributed by atoms with van der Waals surface area (Å²) in [5, 5.41) is 2.88. The maximum absolute atomic E-state index is 12.8. The third kappa shape index (κ3) is 8.22. The third-order valence-electron chi connectivity index (χ3n) is 8.07. The number of hydrogen-bond acceptors (Lipinski definition) is 5. The van der Waals surface area contributed by atoms with Gasteiger partial charge in [-0.2, -0.15) is 0 Å². The van der Waals surface area contributed by atoms with Gasteiger partial charge in [0.1, 0.15) is 19.0 Å². The molecule has 0 aliphatic rings. The summed E-state index contributed by atoms with van der Waals surface area (Å²) in [6, 6.07) is 17.9. The molecule has 6 nitrogen and oxygen atoms in total. The van der Waals surface area contributed by atoms with Gasteiger partial charge in [-0.05, 0) is 66.0 Å². The maximum atomic E-state index is 12.8. The molecule has 0 unspecified atom stereocenters. The van der Waals surface area contributed by atoms with Gasteiger partial charge in [-0.25, -0.2) is 4.79 Å². The average Bonchev–Trinajstić information content (AvgIpc) is 2.96. The van der Waals surface area contributed by atoms with E-state index in [0.29, 0.717) is 5.56 Å². The number of ether oxygens (including phenoxy) is 2. The molecule has 7 heteroatoms. The lowest BCUT2D eigenvalue weighted by Crippen LogP contribution is -2.22. The van der Waals surface area contributed by atoms with Crippen molar-refractivity contribution in [3.8, 4) is 5.75 Å². The molecule has 1 N–H and O–H groups in total. The summed E-state index contributed by atoms with van der Waals surface area (Å²) >= 11 is 6.26. The Bertz CT molecular complexity index is 1440. The molecule has 0 heterocycles. The minimum Gasteiger partial charge on any atom is -0.490 e. The highest BCUT2D eigenvalue weighted by Gasteiger charge is 2.26. The number of anilines is 1. The molecule has 0 radical (unpaired) electrons. The lowest BCUT2D eigenvalue weighted by Gasteiger charge is -2.30. The minimum atomic E-state index is -0.573. The Kier molecular flexibility index (Phi) is 11.0. The van der Waals surface area contributed by atoms with E-state index in [1.165, 1.54) is 23.8 Å². The summed E-state index contributed by atoms with van der Waals surface area (Å²) in [7, 11) is 0. The summed E-state index contributed by atoms with van der Waals surface area (Å²) in [6.07, 6.45) is 1.63. The monoisotopic (exact) mass is 591 g/mol. The van der Waals surface area contributed by atoms with Gasteiger partial charge in [0.15, 0.2) is 5.78 Å². The van der Waals surface area contributed by atoms with Crippen molar-refractivity contribution in [2.75, 3.05) is 18.5 Å². The number of aryl methyl sites for hydroxylation is 1. The predicted molar refractivity (Wildman–Crippen MR) is 169 cm³/mol. The largest absolute Gasteiger partial charge is 0.490 e. The number of ketones is 1. The molecule has 0 aliphatic heterocycles. The first-order valence-electron chi connectivity index (χ1n) is 14.4. The molecule has 0 bridgehead atoms. The van der Waals surface area contributed by atoms with Crippen LogP contribution < -0.4 is 10.1 Å². The van der Waals surface area contributed by atoms with Crippen molar-refractivity contribution in [3.05, 3.63) is 93.5 Å². The van der Waals surface area contributed by atoms with Crippen molar-refractivity contribution in [1.29, 1.82) is 0 Å². The predicted octanol–water partition coefficient (Wildman–Crippen LogP) is 8.47. The van der Waals surface area contributed by atoms with Gasteiger partial charge in [-0.15, -0.1) is 0 Å². The Morgan fingerprint density at radius 2 is 1.55 bits per heavy atom. The Morgan fingerprint density at radius 3 is 2.21 bits per heavy atom. The molecule has 3 rings (SSSR count). The zero-order chi connectivity index (χ0) is 31.1. The van der Waals surface area contributed by atoms with E-state index in [4.69, 9.17) is 21.1 Å². The standard InChI is InChI=1S/C35H42ClNO5/c1-8-34(4,5)25-15-17-31(27(21-25)35(6,7)9-2)41-18-19-42-33(40)24-14-16-28(36)29(20-24)37-32(39)22-30(38)26-13-11-10-12-23(26)3/h10-17,20-21H,8-9,18-19,22H2,1-7H3,(H,37,39). The molecule has 0 spiro atoms. The number of hydrogen-bond donors (Lipinski definition) is 1. The van der Waals surface area contributed by atoms with Gasteiger partial charge in [0.2, 0.25) is 5.91 Å². The highest BCUT2D eigenvalue weighted by molar-refractivity contribution is 6.34. The number of amides is 1. The lowest BCUT2D eigenvalue weighted by atomic mass is 9.76. The molecule has 0 saturated carbocycles. The van der Waals surface area contributed by atoms with Crippen LogP contribution in [0.15, 0.2) is 60.7 Å². The van der Waals surface area contributed by atoms with Gasteiger partial charge < -0.3 is 14.8 Å². The normalized spacial score (nSPS) is 11.6. The molecule has 0 saturated heterocycles. The molecule has 1 amide bonds. The van der Waals surface area contributed by atoms with E-state index in [-0.39, 0.29) is 52.5 Å². The van der Waals surface area contributed by atoms with Crippen LogP contribution in [0.3, 0.4) is 0 Å². The quantitative estimate of drug-likeness (QED) is 0.0933. The van der Waals surface area contributed by atoms with Crippen molar-refractivity contribution < 1.29 is 23.9 Å². The van der Waals surface area contributed by atoms with Gasteiger partial charge in [0, 0.05) is 11.1 Å². The molecule has 3 aromatic rings. The maximum Gasteiger partial charge on any atom is 0.338 e. The third-order valence-corrected chi connectivity index (χ3v) is 8.40. The number of rotatable bonds is 13. The van der Waals surface area contributed by atoms with Crippen LogP contribution in [0, 0.1) is 6.92 Å². The molecular formula is C35H42ClNO5. The fourth-order valence-electron chi connectivity index (χ4n) is 4.44. The lowest BCUT2D eigenvalue weighted by molar-refractivity contribution is -0.115. The Morgan fingerprint density at radius 1 is 0.857 bits per heavy atom. The van der Waals surface area contributed by atoms with Crippen LogP contribution in [0.5, 0.6) is 5.75 Å². The molecule has 0 aromatic heterocycles. The number of halogens is 1. The van der Waals surface area contributed by atoms with E-state index in [1.807, 2.05) is 25.1 Å². The van der Waals surface area contributed by atoms with Crippen LogP contribution in [-0.2, 0) is 20.4 Å². The highest BCUT2D eigenvalue weighted by Crippen LogP contribution is 2.38. The van der Waals surface area contributed by atoms with Crippen LogP contribution in [0.1, 0.15) is 98.2 Å². The van der Waals surface area contributed by atoms with E-state index in [2.05, 4.69) is 59.0 Å². The minimum absolute atomic E-state index is 0.0439. The summed E-state index contributed by atoms with van der Waals surface area (Å²) in [5.41, 5.74) is 4.11. The molecular weight excluding hydrogens is 550 g/mol.